The Labute approximate surface area is 129 Å². The smallest absolute Gasteiger partial charge is 0.307 e. The molecule has 6 heteroatoms. The molecule has 0 aromatic heterocycles. The minimum absolute atomic E-state index is 0.00627. The van der Waals surface area contributed by atoms with Crippen LogP contribution in [0.25, 0.3) is 0 Å². The largest absolute Gasteiger partial charge is 0.481 e. The standard InChI is InChI=1S/C16H21NO5/c1-3-11-6-4-5-7-12(11)13(10-16(21)22-2)17-14(18)8-9-15(19)20/h4-7,13H,3,8-10H2,1-2H3,(H,17,18)(H,19,20). The number of ether oxygens (including phenoxy) is 1. The third-order valence-corrected chi connectivity index (χ3v) is 3.31. The number of rotatable bonds is 8. The van der Waals surface area contributed by atoms with Gasteiger partial charge in [-0.25, -0.2) is 0 Å². The number of carbonyl (C=O) groups excluding carboxylic acids is 2. The fourth-order valence-electron chi connectivity index (χ4n) is 2.17. The summed E-state index contributed by atoms with van der Waals surface area (Å²) < 4.78 is 4.67. The Morgan fingerprint density at radius 3 is 2.50 bits per heavy atom. The highest BCUT2D eigenvalue weighted by Crippen LogP contribution is 2.22. The van der Waals surface area contributed by atoms with Crippen LogP contribution in [0.4, 0.5) is 0 Å². The van der Waals surface area contributed by atoms with Gasteiger partial charge in [0, 0.05) is 6.42 Å². The normalized spacial score (nSPS) is 11.5. The number of amides is 1. The molecule has 0 aliphatic carbocycles. The fourth-order valence-corrected chi connectivity index (χ4v) is 2.17. The van der Waals surface area contributed by atoms with Crippen molar-refractivity contribution in [3.63, 3.8) is 0 Å². The molecule has 2 N–H and O–H groups in total. The summed E-state index contributed by atoms with van der Waals surface area (Å²) in [5.41, 5.74) is 1.87. The molecule has 1 amide bonds. The van der Waals surface area contributed by atoms with Crippen LogP contribution in [0.15, 0.2) is 24.3 Å². The molecule has 120 valence electrons. The number of carbonyl (C=O) groups is 3. The Balaban J connectivity index is 2.90. The minimum Gasteiger partial charge on any atom is -0.481 e. The van der Waals surface area contributed by atoms with E-state index in [9.17, 15) is 14.4 Å². The van der Waals surface area contributed by atoms with E-state index < -0.39 is 23.9 Å². The van der Waals surface area contributed by atoms with Crippen molar-refractivity contribution in [2.75, 3.05) is 7.11 Å². The molecule has 0 radical (unpaired) electrons. The predicted molar refractivity (Wildman–Crippen MR) is 80.2 cm³/mol. The second kappa shape index (κ2) is 8.81. The topological polar surface area (TPSA) is 92.7 Å². The fraction of sp³-hybridized carbons (Fsp3) is 0.438. The van der Waals surface area contributed by atoms with Gasteiger partial charge in [-0.15, -0.1) is 0 Å². The lowest BCUT2D eigenvalue weighted by molar-refractivity contribution is -0.142. The summed E-state index contributed by atoms with van der Waals surface area (Å²) in [6.07, 6.45) is 0.401. The first-order valence-electron chi connectivity index (χ1n) is 7.13. The van der Waals surface area contributed by atoms with Crippen LogP contribution < -0.4 is 5.32 Å². The summed E-state index contributed by atoms with van der Waals surface area (Å²) in [6.45, 7) is 1.99. The van der Waals surface area contributed by atoms with Crippen LogP contribution in [0.1, 0.15) is 43.4 Å². The summed E-state index contributed by atoms with van der Waals surface area (Å²) in [7, 11) is 1.29. The summed E-state index contributed by atoms with van der Waals surface area (Å²) in [5.74, 6) is -1.87. The van der Waals surface area contributed by atoms with Gasteiger partial charge in [0.05, 0.1) is 26.0 Å². The number of aryl methyl sites for hydroxylation is 1. The van der Waals surface area contributed by atoms with Gasteiger partial charge in [0.15, 0.2) is 0 Å². The SMILES string of the molecule is CCc1ccccc1C(CC(=O)OC)NC(=O)CCC(=O)O. The number of esters is 1. The Kier molecular flexibility index (Phi) is 7.08. The molecule has 1 aromatic rings. The number of methoxy groups -OCH3 is 1. The zero-order chi connectivity index (χ0) is 16.5. The lowest BCUT2D eigenvalue weighted by Gasteiger charge is -2.20. The molecule has 0 saturated heterocycles. The summed E-state index contributed by atoms with van der Waals surface area (Å²) in [6, 6.07) is 6.99. The molecule has 0 spiro atoms. The number of hydrogen-bond donors (Lipinski definition) is 2. The number of carboxylic acids is 1. The Bertz CT molecular complexity index is 541. The van der Waals surface area contributed by atoms with Crippen molar-refractivity contribution in [2.24, 2.45) is 0 Å². The molecule has 1 unspecified atom stereocenters. The predicted octanol–water partition coefficient (Wildman–Crippen LogP) is 1.83. The van der Waals surface area contributed by atoms with E-state index in [0.717, 1.165) is 17.5 Å². The lowest BCUT2D eigenvalue weighted by Crippen LogP contribution is -2.31. The maximum atomic E-state index is 11.9. The van der Waals surface area contributed by atoms with E-state index >= 15 is 0 Å². The average molecular weight is 307 g/mol. The molecule has 0 saturated carbocycles. The van der Waals surface area contributed by atoms with Crippen molar-refractivity contribution in [3.05, 3.63) is 35.4 Å². The van der Waals surface area contributed by atoms with Gasteiger partial charge in [-0.05, 0) is 17.5 Å². The highest BCUT2D eigenvalue weighted by atomic mass is 16.5. The van der Waals surface area contributed by atoms with Gasteiger partial charge in [0.25, 0.3) is 0 Å². The number of aliphatic carboxylic acids is 1. The van der Waals surface area contributed by atoms with Crippen LogP contribution in [-0.2, 0) is 25.5 Å². The van der Waals surface area contributed by atoms with Gasteiger partial charge in [0.2, 0.25) is 5.91 Å². The van der Waals surface area contributed by atoms with Crippen LogP contribution in [0.5, 0.6) is 0 Å². The van der Waals surface area contributed by atoms with Crippen molar-refractivity contribution in [3.8, 4) is 0 Å². The summed E-state index contributed by atoms with van der Waals surface area (Å²) in [4.78, 5) is 34.0. The molecule has 0 bridgehead atoms. The van der Waals surface area contributed by atoms with E-state index in [1.807, 2.05) is 31.2 Å². The third-order valence-electron chi connectivity index (χ3n) is 3.31. The Hall–Kier alpha value is -2.37. The molecule has 0 heterocycles. The maximum absolute atomic E-state index is 11.9. The first kappa shape index (κ1) is 17.7. The van der Waals surface area contributed by atoms with Gasteiger partial charge < -0.3 is 15.2 Å². The molecule has 22 heavy (non-hydrogen) atoms. The van der Waals surface area contributed by atoms with Crippen molar-refractivity contribution in [1.29, 1.82) is 0 Å². The molecule has 1 atom stereocenters. The van der Waals surface area contributed by atoms with Gasteiger partial charge in [-0.3, -0.25) is 14.4 Å². The van der Waals surface area contributed by atoms with Gasteiger partial charge in [-0.2, -0.15) is 0 Å². The maximum Gasteiger partial charge on any atom is 0.307 e. The van der Waals surface area contributed by atoms with Crippen molar-refractivity contribution >= 4 is 17.8 Å². The minimum atomic E-state index is -1.03. The van der Waals surface area contributed by atoms with Gasteiger partial charge in [0.1, 0.15) is 0 Å². The van der Waals surface area contributed by atoms with Crippen LogP contribution in [0.2, 0.25) is 0 Å². The van der Waals surface area contributed by atoms with E-state index in [0.29, 0.717) is 0 Å². The second-order valence-electron chi connectivity index (χ2n) is 4.85. The van der Waals surface area contributed by atoms with Crippen LogP contribution in [-0.4, -0.2) is 30.1 Å². The zero-order valence-electron chi connectivity index (χ0n) is 12.8. The molecule has 0 aliphatic rings. The van der Waals surface area contributed by atoms with E-state index in [-0.39, 0.29) is 19.3 Å². The summed E-state index contributed by atoms with van der Waals surface area (Å²) >= 11 is 0. The van der Waals surface area contributed by atoms with Gasteiger partial charge in [-0.1, -0.05) is 31.2 Å². The lowest BCUT2D eigenvalue weighted by atomic mass is 9.96. The molecule has 0 aliphatic heterocycles. The number of carboxylic acid groups (broad SMARTS) is 1. The molecular weight excluding hydrogens is 286 g/mol. The van der Waals surface area contributed by atoms with E-state index in [1.54, 1.807) is 0 Å². The quantitative estimate of drug-likeness (QED) is 0.715. The van der Waals surface area contributed by atoms with Gasteiger partial charge >= 0.3 is 11.9 Å². The first-order chi connectivity index (χ1) is 10.5. The third kappa shape index (κ3) is 5.55. The van der Waals surface area contributed by atoms with Crippen LogP contribution >= 0.6 is 0 Å². The number of benzene rings is 1. The Morgan fingerprint density at radius 2 is 1.91 bits per heavy atom. The summed E-state index contributed by atoms with van der Waals surface area (Å²) in [5, 5.41) is 11.4. The molecule has 0 fully saturated rings. The number of nitrogens with one attached hydrogen (secondary N) is 1. The number of hydrogen-bond acceptors (Lipinski definition) is 4. The molecule has 1 rings (SSSR count). The average Bonchev–Trinajstić information content (AvgIpc) is 2.52. The van der Waals surface area contributed by atoms with E-state index in [4.69, 9.17) is 5.11 Å². The molecule has 1 aromatic carbocycles. The molecule has 6 nitrogen and oxygen atoms in total. The highest BCUT2D eigenvalue weighted by Gasteiger charge is 2.21. The van der Waals surface area contributed by atoms with Crippen molar-refractivity contribution in [1.82, 2.24) is 5.32 Å². The van der Waals surface area contributed by atoms with E-state index in [2.05, 4.69) is 10.1 Å². The van der Waals surface area contributed by atoms with Crippen LogP contribution in [0, 0.1) is 0 Å². The highest BCUT2D eigenvalue weighted by molar-refractivity contribution is 5.81. The monoisotopic (exact) mass is 307 g/mol. The zero-order valence-corrected chi connectivity index (χ0v) is 12.8. The van der Waals surface area contributed by atoms with Crippen molar-refractivity contribution in [2.45, 2.75) is 38.6 Å². The first-order valence-corrected chi connectivity index (χ1v) is 7.13. The Morgan fingerprint density at radius 1 is 1.23 bits per heavy atom. The molecular formula is C16H21NO5. The second-order valence-corrected chi connectivity index (χ2v) is 4.85. The van der Waals surface area contributed by atoms with Crippen LogP contribution in [0.3, 0.4) is 0 Å². The van der Waals surface area contributed by atoms with E-state index in [1.165, 1.54) is 7.11 Å². The van der Waals surface area contributed by atoms with Crippen molar-refractivity contribution < 1.29 is 24.2 Å².